The lowest BCUT2D eigenvalue weighted by Crippen LogP contribution is -2.15. The Kier molecular flexibility index (Phi) is 7.53. The zero-order valence-corrected chi connectivity index (χ0v) is 10.2. The van der Waals surface area contributed by atoms with E-state index in [-0.39, 0.29) is 6.61 Å². The summed E-state index contributed by atoms with van der Waals surface area (Å²) in [7, 11) is 0. The van der Waals surface area contributed by atoms with Gasteiger partial charge in [-0.05, 0) is 19.4 Å². The van der Waals surface area contributed by atoms with Crippen molar-refractivity contribution in [2.45, 2.75) is 38.8 Å². The first-order valence-corrected chi connectivity index (χ1v) is 6.18. The SMILES string of the molecule is OCCCCCCNCc1cn(CCO)nn1. The summed E-state index contributed by atoms with van der Waals surface area (Å²) in [6.45, 7) is 2.54. The Bertz CT molecular complexity index is 291. The van der Waals surface area contributed by atoms with Gasteiger partial charge in [0, 0.05) is 19.3 Å². The van der Waals surface area contributed by atoms with Gasteiger partial charge in [-0.15, -0.1) is 5.10 Å². The Labute approximate surface area is 102 Å². The number of unbranched alkanes of at least 4 members (excludes halogenated alkanes) is 3. The number of nitrogens with one attached hydrogen (secondary N) is 1. The molecule has 0 saturated heterocycles. The molecule has 0 saturated carbocycles. The summed E-state index contributed by atoms with van der Waals surface area (Å²) in [5.41, 5.74) is 0.897. The van der Waals surface area contributed by atoms with E-state index in [2.05, 4.69) is 15.6 Å². The Balaban J connectivity index is 2.01. The molecule has 3 N–H and O–H groups in total. The Morgan fingerprint density at radius 2 is 1.94 bits per heavy atom. The van der Waals surface area contributed by atoms with Gasteiger partial charge >= 0.3 is 0 Å². The van der Waals surface area contributed by atoms with Crippen molar-refractivity contribution in [2.24, 2.45) is 0 Å². The van der Waals surface area contributed by atoms with Gasteiger partial charge in [0.15, 0.2) is 0 Å². The zero-order chi connectivity index (χ0) is 12.3. The zero-order valence-electron chi connectivity index (χ0n) is 10.2. The van der Waals surface area contributed by atoms with Crippen molar-refractivity contribution in [1.29, 1.82) is 0 Å². The van der Waals surface area contributed by atoms with E-state index in [0.717, 1.165) is 37.9 Å². The monoisotopic (exact) mass is 242 g/mol. The molecule has 0 aliphatic rings. The largest absolute Gasteiger partial charge is 0.396 e. The van der Waals surface area contributed by atoms with Crippen LogP contribution in [-0.2, 0) is 13.1 Å². The van der Waals surface area contributed by atoms with E-state index in [1.165, 1.54) is 0 Å². The number of aromatic nitrogens is 3. The Morgan fingerprint density at radius 3 is 2.71 bits per heavy atom. The van der Waals surface area contributed by atoms with Crippen LogP contribution >= 0.6 is 0 Å². The summed E-state index contributed by atoms with van der Waals surface area (Å²) in [6.07, 6.45) is 6.09. The van der Waals surface area contributed by atoms with Crippen molar-refractivity contribution < 1.29 is 10.2 Å². The maximum Gasteiger partial charge on any atom is 0.0964 e. The predicted molar refractivity (Wildman–Crippen MR) is 64.4 cm³/mol. The number of hydrogen-bond donors (Lipinski definition) is 3. The summed E-state index contributed by atoms with van der Waals surface area (Å²) < 4.78 is 1.64. The fourth-order valence-electron chi connectivity index (χ4n) is 1.56. The molecule has 0 amide bonds. The van der Waals surface area contributed by atoms with Crippen molar-refractivity contribution in [2.75, 3.05) is 19.8 Å². The lowest BCUT2D eigenvalue weighted by molar-refractivity contribution is 0.268. The summed E-state index contributed by atoms with van der Waals surface area (Å²) in [6, 6.07) is 0. The van der Waals surface area contributed by atoms with Gasteiger partial charge in [-0.2, -0.15) is 0 Å². The maximum atomic E-state index is 8.72. The molecule has 1 heterocycles. The van der Waals surface area contributed by atoms with Crippen molar-refractivity contribution in [3.8, 4) is 0 Å². The minimum absolute atomic E-state index is 0.0844. The number of nitrogens with zero attached hydrogens (tertiary/aromatic N) is 3. The van der Waals surface area contributed by atoms with Crippen LogP contribution in [0.15, 0.2) is 6.20 Å². The van der Waals surface area contributed by atoms with Gasteiger partial charge in [0.1, 0.15) is 0 Å². The molecule has 0 aliphatic carbocycles. The van der Waals surface area contributed by atoms with Gasteiger partial charge in [-0.3, -0.25) is 0 Å². The molecule has 0 radical (unpaired) electrons. The molecule has 1 aromatic heterocycles. The van der Waals surface area contributed by atoms with E-state index in [9.17, 15) is 0 Å². The number of rotatable bonds is 10. The van der Waals surface area contributed by atoms with Crippen molar-refractivity contribution in [1.82, 2.24) is 20.3 Å². The van der Waals surface area contributed by atoms with E-state index >= 15 is 0 Å². The molecule has 0 aromatic carbocycles. The molecule has 0 aliphatic heterocycles. The molecule has 0 unspecified atom stereocenters. The molecule has 98 valence electrons. The second kappa shape index (κ2) is 9.09. The molecule has 17 heavy (non-hydrogen) atoms. The third kappa shape index (κ3) is 6.35. The highest BCUT2D eigenvalue weighted by atomic mass is 16.3. The average Bonchev–Trinajstić information content (AvgIpc) is 2.76. The van der Waals surface area contributed by atoms with Crippen LogP contribution in [0.3, 0.4) is 0 Å². The van der Waals surface area contributed by atoms with Crippen LogP contribution in [0, 0.1) is 0 Å². The first-order valence-electron chi connectivity index (χ1n) is 6.18. The number of hydrogen-bond acceptors (Lipinski definition) is 5. The molecule has 0 atom stereocenters. The van der Waals surface area contributed by atoms with E-state index in [1.54, 1.807) is 4.68 Å². The van der Waals surface area contributed by atoms with Crippen molar-refractivity contribution in [3.63, 3.8) is 0 Å². The van der Waals surface area contributed by atoms with E-state index < -0.39 is 0 Å². The van der Waals surface area contributed by atoms with E-state index in [0.29, 0.717) is 19.7 Å². The first kappa shape index (κ1) is 14.1. The highest BCUT2D eigenvalue weighted by Gasteiger charge is 1.99. The van der Waals surface area contributed by atoms with E-state index in [1.807, 2.05) is 6.20 Å². The highest BCUT2D eigenvalue weighted by Crippen LogP contribution is 1.98. The van der Waals surface area contributed by atoms with Crippen LogP contribution < -0.4 is 5.32 Å². The van der Waals surface area contributed by atoms with Crippen LogP contribution in [0.2, 0.25) is 0 Å². The predicted octanol–water partition coefficient (Wildman–Crippen LogP) is -0.0873. The normalized spacial score (nSPS) is 10.9. The fourth-order valence-corrected chi connectivity index (χ4v) is 1.56. The van der Waals surface area contributed by atoms with Gasteiger partial charge in [0.05, 0.1) is 18.8 Å². The third-order valence-electron chi connectivity index (χ3n) is 2.48. The molecule has 6 nitrogen and oxygen atoms in total. The van der Waals surface area contributed by atoms with Crippen LogP contribution in [0.5, 0.6) is 0 Å². The van der Waals surface area contributed by atoms with Crippen LogP contribution in [0.25, 0.3) is 0 Å². The smallest absolute Gasteiger partial charge is 0.0964 e. The molecule has 0 fully saturated rings. The van der Waals surface area contributed by atoms with Crippen molar-refractivity contribution >= 4 is 0 Å². The van der Waals surface area contributed by atoms with Gasteiger partial charge in [-0.25, -0.2) is 4.68 Å². The highest BCUT2D eigenvalue weighted by molar-refractivity contribution is 4.91. The molecule has 1 aromatic rings. The lowest BCUT2D eigenvalue weighted by Gasteiger charge is -2.01. The summed E-state index contributed by atoms with van der Waals surface area (Å²) in [5.74, 6) is 0. The minimum atomic E-state index is 0.0844. The molecule has 0 bridgehead atoms. The van der Waals surface area contributed by atoms with Crippen molar-refractivity contribution in [3.05, 3.63) is 11.9 Å². The molecule has 1 rings (SSSR count). The fraction of sp³-hybridized carbons (Fsp3) is 0.818. The van der Waals surface area contributed by atoms with Gasteiger partial charge < -0.3 is 15.5 Å². The second-order valence-corrected chi connectivity index (χ2v) is 4.01. The lowest BCUT2D eigenvalue weighted by atomic mass is 10.2. The van der Waals surface area contributed by atoms with E-state index in [4.69, 9.17) is 10.2 Å². The third-order valence-corrected chi connectivity index (χ3v) is 2.48. The average molecular weight is 242 g/mol. The Hall–Kier alpha value is -0.980. The van der Waals surface area contributed by atoms with Crippen LogP contribution in [-0.4, -0.2) is 45.0 Å². The van der Waals surface area contributed by atoms with Gasteiger partial charge in [0.2, 0.25) is 0 Å². The molecule has 0 spiro atoms. The quantitative estimate of drug-likeness (QED) is 0.500. The minimum Gasteiger partial charge on any atom is -0.396 e. The maximum absolute atomic E-state index is 8.72. The Morgan fingerprint density at radius 1 is 1.12 bits per heavy atom. The topological polar surface area (TPSA) is 83.2 Å². The van der Waals surface area contributed by atoms with Crippen LogP contribution in [0.1, 0.15) is 31.4 Å². The molecular weight excluding hydrogens is 220 g/mol. The summed E-state index contributed by atoms with van der Waals surface area (Å²) in [5, 5.41) is 28.5. The second-order valence-electron chi connectivity index (χ2n) is 4.01. The molecular formula is C11H22N4O2. The van der Waals surface area contributed by atoms with Gasteiger partial charge in [-0.1, -0.05) is 18.1 Å². The molecule has 6 heteroatoms. The standard InChI is InChI=1S/C11H22N4O2/c16-7-4-2-1-3-5-12-9-11-10-15(6-8-17)14-13-11/h10,12,16-17H,1-9H2. The summed E-state index contributed by atoms with van der Waals surface area (Å²) >= 11 is 0. The number of aliphatic hydroxyl groups excluding tert-OH is 2. The first-order chi connectivity index (χ1) is 8.36. The van der Waals surface area contributed by atoms with Crippen LogP contribution in [0.4, 0.5) is 0 Å². The van der Waals surface area contributed by atoms with Gasteiger partial charge in [0.25, 0.3) is 0 Å². The summed E-state index contributed by atoms with van der Waals surface area (Å²) in [4.78, 5) is 0. The number of aliphatic hydroxyl groups is 2.